The lowest BCUT2D eigenvalue weighted by Gasteiger charge is -2.20. The number of non-ortho nitro benzene ring substituents is 1. The summed E-state index contributed by atoms with van der Waals surface area (Å²) in [6.07, 6.45) is 0. The van der Waals surface area contributed by atoms with Crippen LogP contribution in [0.4, 0.5) is 10.5 Å². The number of nitro groups is 1. The van der Waals surface area contributed by atoms with Crippen molar-refractivity contribution in [2.24, 2.45) is 0 Å². The van der Waals surface area contributed by atoms with Crippen molar-refractivity contribution in [3.63, 3.8) is 0 Å². The van der Waals surface area contributed by atoms with Crippen molar-refractivity contribution in [2.75, 3.05) is 0 Å². The Labute approximate surface area is 133 Å². The predicted molar refractivity (Wildman–Crippen MR) is 85.7 cm³/mol. The van der Waals surface area contributed by atoms with Crippen molar-refractivity contribution in [2.45, 2.75) is 26.1 Å². The van der Waals surface area contributed by atoms with Crippen LogP contribution in [0.3, 0.4) is 0 Å². The van der Waals surface area contributed by atoms with Crippen LogP contribution in [0.5, 0.6) is 0 Å². The van der Waals surface area contributed by atoms with Gasteiger partial charge in [-0.25, -0.2) is 4.79 Å². The first-order chi connectivity index (χ1) is 11.0. The van der Waals surface area contributed by atoms with E-state index in [1.54, 1.807) is 17.0 Å². The summed E-state index contributed by atoms with van der Waals surface area (Å²) in [7, 11) is 0. The topological polar surface area (TPSA) is 75.5 Å². The summed E-state index contributed by atoms with van der Waals surface area (Å²) in [5, 5.41) is 13.7. The number of urea groups is 1. The molecule has 0 bridgehead atoms. The zero-order valence-electron chi connectivity index (χ0n) is 12.7. The monoisotopic (exact) mass is 311 g/mol. The molecule has 6 nitrogen and oxygen atoms in total. The maximum absolute atomic E-state index is 12.4. The largest absolute Gasteiger partial charge is 0.331 e. The molecule has 0 fully saturated rings. The Morgan fingerprint density at radius 2 is 1.83 bits per heavy atom. The van der Waals surface area contributed by atoms with E-state index in [0.29, 0.717) is 18.7 Å². The predicted octanol–water partition coefficient (Wildman–Crippen LogP) is 3.38. The van der Waals surface area contributed by atoms with E-state index in [9.17, 15) is 14.9 Å². The Morgan fingerprint density at radius 3 is 2.43 bits per heavy atom. The maximum Gasteiger partial charge on any atom is 0.318 e. The Bertz CT molecular complexity index is 735. The van der Waals surface area contributed by atoms with Crippen molar-refractivity contribution in [1.82, 2.24) is 10.2 Å². The van der Waals surface area contributed by atoms with E-state index in [1.807, 2.05) is 31.2 Å². The molecular weight excluding hydrogens is 294 g/mol. The van der Waals surface area contributed by atoms with Gasteiger partial charge < -0.3 is 10.2 Å². The second-order valence-electron chi connectivity index (χ2n) is 5.65. The average Bonchev–Trinajstić information content (AvgIpc) is 2.99. The molecule has 1 aliphatic rings. The second-order valence-corrected chi connectivity index (χ2v) is 5.65. The van der Waals surface area contributed by atoms with Gasteiger partial charge in [0.2, 0.25) is 0 Å². The van der Waals surface area contributed by atoms with E-state index >= 15 is 0 Å². The van der Waals surface area contributed by atoms with Crippen LogP contribution in [0.1, 0.15) is 29.7 Å². The quantitative estimate of drug-likeness (QED) is 0.697. The highest BCUT2D eigenvalue weighted by Gasteiger charge is 2.24. The molecule has 1 N–H and O–H groups in total. The van der Waals surface area contributed by atoms with Crippen LogP contribution in [0, 0.1) is 10.1 Å². The maximum atomic E-state index is 12.4. The van der Waals surface area contributed by atoms with Crippen LogP contribution >= 0.6 is 0 Å². The number of benzene rings is 2. The minimum Gasteiger partial charge on any atom is -0.331 e. The number of nitro benzene ring substituents is 1. The van der Waals surface area contributed by atoms with E-state index in [2.05, 4.69) is 5.32 Å². The molecule has 0 aromatic heterocycles. The van der Waals surface area contributed by atoms with Crippen LogP contribution in [0.25, 0.3) is 0 Å². The molecule has 23 heavy (non-hydrogen) atoms. The molecule has 2 aromatic rings. The standard InChI is InChI=1S/C17H17N3O3/c1-12(13-7-4-8-16(9-13)20(22)23)18-17(21)19-10-14-5-2-3-6-15(14)11-19/h2-9,12H,10-11H2,1H3,(H,18,21)/t12-/m1/s1. The summed E-state index contributed by atoms with van der Waals surface area (Å²) < 4.78 is 0. The van der Waals surface area contributed by atoms with Gasteiger partial charge in [0.1, 0.15) is 0 Å². The Kier molecular flexibility index (Phi) is 3.97. The minimum atomic E-state index is -0.435. The number of nitrogens with zero attached hydrogens (tertiary/aromatic N) is 2. The number of amides is 2. The van der Waals surface area contributed by atoms with Gasteiger partial charge in [-0.1, -0.05) is 36.4 Å². The van der Waals surface area contributed by atoms with Gasteiger partial charge in [0.05, 0.1) is 11.0 Å². The lowest BCUT2D eigenvalue weighted by atomic mass is 10.1. The number of carbonyl (C=O) groups is 1. The van der Waals surface area contributed by atoms with Gasteiger partial charge in [0.15, 0.2) is 0 Å². The van der Waals surface area contributed by atoms with Gasteiger partial charge in [0, 0.05) is 25.2 Å². The molecule has 6 heteroatoms. The minimum absolute atomic E-state index is 0.0252. The summed E-state index contributed by atoms with van der Waals surface area (Å²) in [5.41, 5.74) is 3.05. The van der Waals surface area contributed by atoms with Crippen LogP contribution < -0.4 is 5.32 Å². The average molecular weight is 311 g/mol. The number of carbonyl (C=O) groups excluding carboxylic acids is 1. The third-order valence-electron chi connectivity index (χ3n) is 4.05. The van der Waals surface area contributed by atoms with Crippen LogP contribution in [0.2, 0.25) is 0 Å². The highest BCUT2D eigenvalue weighted by molar-refractivity contribution is 5.75. The normalized spacial score (nSPS) is 14.2. The zero-order chi connectivity index (χ0) is 16.4. The fourth-order valence-electron chi connectivity index (χ4n) is 2.74. The summed E-state index contributed by atoms with van der Waals surface area (Å²) in [6, 6.07) is 13.8. The number of hydrogen-bond acceptors (Lipinski definition) is 3. The fourth-order valence-corrected chi connectivity index (χ4v) is 2.74. The van der Waals surface area contributed by atoms with Crippen LogP contribution in [-0.2, 0) is 13.1 Å². The SMILES string of the molecule is C[C@@H](NC(=O)N1Cc2ccccc2C1)c1cccc([N+](=O)[O-])c1. The molecule has 2 aromatic carbocycles. The Morgan fingerprint density at radius 1 is 1.17 bits per heavy atom. The number of fused-ring (bicyclic) bond motifs is 1. The van der Waals surface area contributed by atoms with Gasteiger partial charge in [-0.05, 0) is 23.6 Å². The smallest absolute Gasteiger partial charge is 0.318 e. The first-order valence-electron chi connectivity index (χ1n) is 7.41. The Hall–Kier alpha value is -2.89. The third kappa shape index (κ3) is 3.15. The Balaban J connectivity index is 1.67. The number of nitrogens with one attached hydrogen (secondary N) is 1. The van der Waals surface area contributed by atoms with Gasteiger partial charge >= 0.3 is 6.03 Å². The highest BCUT2D eigenvalue weighted by atomic mass is 16.6. The molecule has 118 valence electrons. The fraction of sp³-hybridized carbons (Fsp3) is 0.235. The molecule has 1 atom stereocenters. The zero-order valence-corrected chi connectivity index (χ0v) is 12.7. The molecule has 0 aliphatic carbocycles. The van der Waals surface area contributed by atoms with E-state index in [1.165, 1.54) is 12.1 Å². The van der Waals surface area contributed by atoms with E-state index < -0.39 is 4.92 Å². The van der Waals surface area contributed by atoms with E-state index in [0.717, 1.165) is 11.1 Å². The molecule has 1 aliphatic heterocycles. The van der Waals surface area contributed by atoms with Crippen molar-refractivity contribution >= 4 is 11.7 Å². The highest BCUT2D eigenvalue weighted by Crippen LogP contribution is 2.23. The van der Waals surface area contributed by atoms with Gasteiger partial charge in [0.25, 0.3) is 5.69 Å². The molecule has 0 radical (unpaired) electrons. The summed E-state index contributed by atoms with van der Waals surface area (Å²) in [6.45, 7) is 2.99. The van der Waals surface area contributed by atoms with Gasteiger partial charge in [-0.2, -0.15) is 0 Å². The van der Waals surface area contributed by atoms with Crippen molar-refractivity contribution in [3.8, 4) is 0 Å². The lowest BCUT2D eigenvalue weighted by Crippen LogP contribution is -2.37. The van der Waals surface area contributed by atoms with Crippen LogP contribution in [-0.4, -0.2) is 15.9 Å². The molecule has 0 spiro atoms. The van der Waals surface area contributed by atoms with Crippen LogP contribution in [0.15, 0.2) is 48.5 Å². The van der Waals surface area contributed by atoms with E-state index in [4.69, 9.17) is 0 Å². The molecule has 0 saturated heterocycles. The summed E-state index contributed by atoms with van der Waals surface area (Å²) >= 11 is 0. The van der Waals surface area contributed by atoms with Crippen molar-refractivity contribution < 1.29 is 9.72 Å². The first kappa shape index (κ1) is 15.0. The number of hydrogen-bond donors (Lipinski definition) is 1. The van der Waals surface area contributed by atoms with Crippen molar-refractivity contribution in [1.29, 1.82) is 0 Å². The van der Waals surface area contributed by atoms with Gasteiger partial charge in [-0.15, -0.1) is 0 Å². The third-order valence-corrected chi connectivity index (χ3v) is 4.05. The molecule has 1 heterocycles. The number of rotatable bonds is 3. The van der Waals surface area contributed by atoms with Gasteiger partial charge in [-0.3, -0.25) is 10.1 Å². The lowest BCUT2D eigenvalue weighted by molar-refractivity contribution is -0.384. The molecule has 2 amide bonds. The second kappa shape index (κ2) is 6.08. The molecule has 0 unspecified atom stereocenters. The summed E-state index contributed by atoms with van der Waals surface area (Å²) in [5.74, 6) is 0. The molecule has 0 saturated carbocycles. The first-order valence-corrected chi connectivity index (χ1v) is 7.41. The molecule has 3 rings (SSSR count). The summed E-state index contributed by atoms with van der Waals surface area (Å²) in [4.78, 5) is 24.5. The molecular formula is C17H17N3O3. The van der Waals surface area contributed by atoms with E-state index in [-0.39, 0.29) is 17.8 Å². The van der Waals surface area contributed by atoms with Crippen molar-refractivity contribution in [3.05, 3.63) is 75.3 Å².